The van der Waals surface area contributed by atoms with Gasteiger partial charge in [0, 0.05) is 17.0 Å². The maximum atomic E-state index is 9.15. The Kier molecular flexibility index (Phi) is 3.09. The Morgan fingerprint density at radius 2 is 1.94 bits per heavy atom. The number of nitrogens with zero attached hydrogens (tertiary/aromatic N) is 1. The topological polar surface area (TPSA) is 32.7 Å². The Labute approximate surface area is 102 Å². The molecule has 1 aliphatic heterocycles. The molecule has 1 aromatic rings. The maximum absolute atomic E-state index is 9.15. The molecule has 0 saturated heterocycles. The number of allylic oxidation sites excluding steroid dienone is 1. The SMILES string of the molecule is COc1ccc(N2C(C)=CC(=CO)C2C)cc1. The summed E-state index contributed by atoms with van der Waals surface area (Å²) in [5, 5.41) is 9.15. The summed E-state index contributed by atoms with van der Waals surface area (Å²) in [6.45, 7) is 4.11. The van der Waals surface area contributed by atoms with Crippen molar-refractivity contribution in [2.75, 3.05) is 12.0 Å². The number of anilines is 1. The molecule has 1 unspecified atom stereocenters. The largest absolute Gasteiger partial charge is 0.515 e. The smallest absolute Gasteiger partial charge is 0.119 e. The van der Waals surface area contributed by atoms with Crippen molar-refractivity contribution in [1.82, 2.24) is 0 Å². The van der Waals surface area contributed by atoms with E-state index < -0.39 is 0 Å². The fourth-order valence-corrected chi connectivity index (χ4v) is 2.20. The first-order valence-corrected chi connectivity index (χ1v) is 5.63. The molecular formula is C14H17NO2. The molecule has 0 aromatic heterocycles. The number of aliphatic hydroxyl groups is 1. The quantitative estimate of drug-likeness (QED) is 0.793. The predicted octanol–water partition coefficient (Wildman–Crippen LogP) is 3.25. The van der Waals surface area contributed by atoms with Crippen molar-refractivity contribution in [2.45, 2.75) is 19.9 Å². The fourth-order valence-electron chi connectivity index (χ4n) is 2.20. The van der Waals surface area contributed by atoms with Crippen LogP contribution in [0.25, 0.3) is 0 Å². The van der Waals surface area contributed by atoms with Gasteiger partial charge in [0.2, 0.25) is 0 Å². The highest BCUT2D eigenvalue weighted by molar-refractivity contribution is 5.61. The number of rotatable bonds is 2. The van der Waals surface area contributed by atoms with Crippen LogP contribution in [0.5, 0.6) is 5.75 Å². The maximum Gasteiger partial charge on any atom is 0.119 e. The monoisotopic (exact) mass is 231 g/mol. The van der Waals surface area contributed by atoms with Crippen molar-refractivity contribution in [2.24, 2.45) is 0 Å². The molecule has 0 amide bonds. The Morgan fingerprint density at radius 3 is 2.41 bits per heavy atom. The van der Waals surface area contributed by atoms with Crippen LogP contribution in [0, 0.1) is 0 Å². The van der Waals surface area contributed by atoms with E-state index in [9.17, 15) is 0 Å². The normalized spacial score (nSPS) is 21.8. The van der Waals surface area contributed by atoms with Crippen LogP contribution < -0.4 is 9.64 Å². The average molecular weight is 231 g/mol. The molecule has 0 bridgehead atoms. The lowest BCUT2D eigenvalue weighted by atomic mass is 10.1. The van der Waals surface area contributed by atoms with Gasteiger partial charge >= 0.3 is 0 Å². The van der Waals surface area contributed by atoms with Crippen molar-refractivity contribution in [1.29, 1.82) is 0 Å². The van der Waals surface area contributed by atoms with Gasteiger partial charge in [0.15, 0.2) is 0 Å². The molecule has 1 aliphatic rings. The summed E-state index contributed by atoms with van der Waals surface area (Å²) in [6.07, 6.45) is 3.17. The van der Waals surface area contributed by atoms with Crippen LogP contribution in [0.15, 0.2) is 47.9 Å². The van der Waals surface area contributed by atoms with Crippen molar-refractivity contribution in [3.05, 3.63) is 47.9 Å². The van der Waals surface area contributed by atoms with Gasteiger partial charge in [-0.15, -0.1) is 0 Å². The van der Waals surface area contributed by atoms with Crippen molar-refractivity contribution in [3.8, 4) is 5.75 Å². The van der Waals surface area contributed by atoms with E-state index >= 15 is 0 Å². The molecule has 1 N–H and O–H groups in total. The predicted molar refractivity (Wildman–Crippen MR) is 69.4 cm³/mol. The van der Waals surface area contributed by atoms with Gasteiger partial charge in [-0.05, 0) is 44.2 Å². The third kappa shape index (κ3) is 2.00. The van der Waals surface area contributed by atoms with Crippen LogP contribution in [0.2, 0.25) is 0 Å². The average Bonchev–Trinajstić information content (AvgIpc) is 2.64. The van der Waals surface area contributed by atoms with E-state index in [1.807, 2.05) is 37.3 Å². The lowest BCUT2D eigenvalue weighted by Gasteiger charge is -2.26. The lowest BCUT2D eigenvalue weighted by molar-refractivity contribution is 0.415. The number of hydrogen-bond acceptors (Lipinski definition) is 3. The molecule has 1 atom stereocenters. The first-order valence-electron chi connectivity index (χ1n) is 5.63. The van der Waals surface area contributed by atoms with Gasteiger partial charge in [-0.3, -0.25) is 0 Å². The Balaban J connectivity index is 2.31. The van der Waals surface area contributed by atoms with Gasteiger partial charge in [0.25, 0.3) is 0 Å². The van der Waals surface area contributed by atoms with E-state index in [2.05, 4.69) is 11.8 Å². The van der Waals surface area contributed by atoms with Crippen LogP contribution in [0.4, 0.5) is 5.69 Å². The minimum atomic E-state index is 0.161. The van der Waals surface area contributed by atoms with Crippen LogP contribution >= 0.6 is 0 Å². The Bertz CT molecular complexity index is 460. The summed E-state index contributed by atoms with van der Waals surface area (Å²) in [6, 6.07) is 8.08. The Morgan fingerprint density at radius 1 is 1.29 bits per heavy atom. The van der Waals surface area contributed by atoms with Crippen molar-refractivity contribution < 1.29 is 9.84 Å². The van der Waals surface area contributed by atoms with E-state index in [0.717, 1.165) is 22.7 Å². The summed E-state index contributed by atoms with van der Waals surface area (Å²) in [5.74, 6) is 0.847. The first kappa shape index (κ1) is 11.6. The standard InChI is InChI=1S/C14H17NO2/c1-10-8-12(9-16)11(2)15(10)13-4-6-14(17-3)7-5-13/h4-9,11,16H,1-3H3. The van der Waals surface area contributed by atoms with E-state index in [4.69, 9.17) is 9.84 Å². The van der Waals surface area contributed by atoms with Gasteiger partial charge in [-0.1, -0.05) is 0 Å². The minimum Gasteiger partial charge on any atom is -0.515 e. The van der Waals surface area contributed by atoms with Gasteiger partial charge < -0.3 is 14.7 Å². The number of benzene rings is 1. The summed E-state index contributed by atoms with van der Waals surface area (Å²) >= 11 is 0. The zero-order valence-corrected chi connectivity index (χ0v) is 10.3. The Hall–Kier alpha value is -1.90. The molecule has 1 heterocycles. The summed E-state index contributed by atoms with van der Waals surface area (Å²) in [4.78, 5) is 2.18. The lowest BCUT2D eigenvalue weighted by Crippen LogP contribution is -2.27. The zero-order chi connectivity index (χ0) is 12.4. The molecule has 17 heavy (non-hydrogen) atoms. The zero-order valence-electron chi connectivity index (χ0n) is 10.3. The van der Waals surface area contributed by atoms with Crippen LogP contribution in [-0.2, 0) is 0 Å². The minimum absolute atomic E-state index is 0.161. The molecule has 90 valence electrons. The highest BCUT2D eigenvalue weighted by atomic mass is 16.5. The molecule has 2 rings (SSSR count). The molecule has 3 heteroatoms. The molecule has 0 saturated carbocycles. The molecule has 0 spiro atoms. The molecule has 3 nitrogen and oxygen atoms in total. The highest BCUT2D eigenvalue weighted by Crippen LogP contribution is 2.32. The molecule has 0 aliphatic carbocycles. The summed E-state index contributed by atoms with van der Waals surface area (Å²) < 4.78 is 5.14. The molecule has 0 radical (unpaired) electrons. The second-order valence-corrected chi connectivity index (χ2v) is 4.16. The van der Waals surface area contributed by atoms with Crippen LogP contribution in [-0.4, -0.2) is 18.3 Å². The van der Waals surface area contributed by atoms with E-state index in [-0.39, 0.29) is 6.04 Å². The van der Waals surface area contributed by atoms with Crippen molar-refractivity contribution in [3.63, 3.8) is 0 Å². The van der Waals surface area contributed by atoms with Gasteiger partial charge in [-0.25, -0.2) is 0 Å². The third-order valence-electron chi connectivity index (χ3n) is 3.12. The number of methoxy groups -OCH3 is 1. The van der Waals surface area contributed by atoms with E-state index in [1.165, 1.54) is 6.26 Å². The second kappa shape index (κ2) is 4.53. The molecule has 0 fully saturated rings. The third-order valence-corrected chi connectivity index (χ3v) is 3.12. The summed E-state index contributed by atoms with van der Waals surface area (Å²) in [5.41, 5.74) is 3.16. The number of ether oxygens (including phenoxy) is 1. The van der Waals surface area contributed by atoms with E-state index in [1.54, 1.807) is 7.11 Å². The number of aliphatic hydroxyl groups excluding tert-OH is 1. The van der Waals surface area contributed by atoms with Crippen LogP contribution in [0.3, 0.4) is 0 Å². The van der Waals surface area contributed by atoms with Crippen LogP contribution in [0.1, 0.15) is 13.8 Å². The van der Waals surface area contributed by atoms with Gasteiger partial charge in [0.1, 0.15) is 5.75 Å². The van der Waals surface area contributed by atoms with Gasteiger partial charge in [-0.2, -0.15) is 0 Å². The molecule has 1 aromatic carbocycles. The molecular weight excluding hydrogens is 214 g/mol. The first-order chi connectivity index (χ1) is 8.17. The van der Waals surface area contributed by atoms with Gasteiger partial charge in [0.05, 0.1) is 19.4 Å². The summed E-state index contributed by atoms with van der Waals surface area (Å²) in [7, 11) is 1.66. The fraction of sp³-hybridized carbons (Fsp3) is 0.286. The number of hydrogen-bond donors (Lipinski definition) is 1. The van der Waals surface area contributed by atoms with E-state index in [0.29, 0.717) is 0 Å². The van der Waals surface area contributed by atoms with Crippen molar-refractivity contribution >= 4 is 5.69 Å². The second-order valence-electron chi connectivity index (χ2n) is 4.16. The highest BCUT2D eigenvalue weighted by Gasteiger charge is 2.25.